The summed E-state index contributed by atoms with van der Waals surface area (Å²) in [5.41, 5.74) is -0.124. The molecule has 1 aromatic carbocycles. The van der Waals surface area contributed by atoms with Gasteiger partial charge >= 0.3 is 6.18 Å². The third-order valence-corrected chi connectivity index (χ3v) is 5.28. The maximum absolute atomic E-state index is 13.0. The Bertz CT molecular complexity index is 1100. The van der Waals surface area contributed by atoms with Gasteiger partial charge in [-0.25, -0.2) is 4.98 Å². The predicted molar refractivity (Wildman–Crippen MR) is 106 cm³/mol. The molecule has 0 amide bonds. The maximum atomic E-state index is 13.0. The van der Waals surface area contributed by atoms with E-state index in [0.29, 0.717) is 37.8 Å². The Balaban J connectivity index is 1.43. The molecule has 1 atom stereocenters. The number of nitrogens with zero attached hydrogens (tertiary/aromatic N) is 6. The molecule has 0 radical (unpaired) electrons. The van der Waals surface area contributed by atoms with Crippen LogP contribution in [0.4, 0.5) is 19.0 Å². The maximum Gasteiger partial charge on any atom is 0.416 e. The van der Waals surface area contributed by atoms with E-state index in [1.165, 1.54) is 12.1 Å². The lowest BCUT2D eigenvalue weighted by Crippen LogP contribution is -2.47. The van der Waals surface area contributed by atoms with Gasteiger partial charge in [-0.1, -0.05) is 23.4 Å². The molecule has 1 aliphatic heterocycles. The molecule has 4 rings (SSSR count). The molecule has 1 saturated heterocycles. The second-order valence-corrected chi connectivity index (χ2v) is 7.23. The van der Waals surface area contributed by atoms with Crippen molar-refractivity contribution in [2.24, 2.45) is 0 Å². The summed E-state index contributed by atoms with van der Waals surface area (Å²) in [7, 11) is 0. The number of hydrogen-bond donors (Lipinski definition) is 0. The minimum Gasteiger partial charge on any atom is -0.354 e. The van der Waals surface area contributed by atoms with Gasteiger partial charge in [0.1, 0.15) is 17.6 Å². The van der Waals surface area contributed by atoms with Crippen molar-refractivity contribution >= 4 is 5.82 Å². The molecule has 0 spiro atoms. The van der Waals surface area contributed by atoms with Crippen LogP contribution in [-0.4, -0.2) is 46.2 Å². The molecule has 31 heavy (non-hydrogen) atoms. The van der Waals surface area contributed by atoms with Crippen LogP contribution in [0.25, 0.3) is 11.4 Å². The van der Waals surface area contributed by atoms with Crippen LogP contribution in [0, 0.1) is 11.3 Å². The highest BCUT2D eigenvalue weighted by molar-refractivity contribution is 5.55. The van der Waals surface area contributed by atoms with Gasteiger partial charge in [-0.15, -0.1) is 0 Å². The first-order valence-electron chi connectivity index (χ1n) is 9.72. The second-order valence-electron chi connectivity index (χ2n) is 7.23. The molecule has 1 aliphatic rings. The second kappa shape index (κ2) is 8.35. The van der Waals surface area contributed by atoms with Gasteiger partial charge in [0, 0.05) is 31.7 Å². The van der Waals surface area contributed by atoms with E-state index in [9.17, 15) is 13.2 Å². The molecule has 7 nitrogen and oxygen atoms in total. The van der Waals surface area contributed by atoms with Crippen molar-refractivity contribution in [3.05, 3.63) is 59.6 Å². The average molecular weight is 428 g/mol. The fraction of sp³-hybridized carbons (Fsp3) is 0.333. The Kier molecular flexibility index (Phi) is 5.61. The largest absolute Gasteiger partial charge is 0.416 e. The number of rotatable bonds is 4. The summed E-state index contributed by atoms with van der Waals surface area (Å²) in [4.78, 5) is 12.9. The van der Waals surface area contributed by atoms with Gasteiger partial charge in [0.25, 0.3) is 0 Å². The van der Waals surface area contributed by atoms with Gasteiger partial charge in [0.2, 0.25) is 11.7 Å². The third-order valence-electron chi connectivity index (χ3n) is 5.28. The zero-order chi connectivity index (χ0) is 22.0. The van der Waals surface area contributed by atoms with Crippen molar-refractivity contribution < 1.29 is 17.7 Å². The number of alkyl halides is 3. The van der Waals surface area contributed by atoms with E-state index < -0.39 is 11.7 Å². The quantitative estimate of drug-likeness (QED) is 0.623. The predicted octanol–water partition coefficient (Wildman–Crippen LogP) is 3.91. The van der Waals surface area contributed by atoms with Crippen LogP contribution in [0.3, 0.4) is 0 Å². The molecule has 10 heteroatoms. The van der Waals surface area contributed by atoms with Crippen molar-refractivity contribution in [1.82, 2.24) is 20.0 Å². The first kappa shape index (κ1) is 20.8. The lowest BCUT2D eigenvalue weighted by molar-refractivity contribution is -0.137. The highest BCUT2D eigenvalue weighted by Gasteiger charge is 2.31. The smallest absolute Gasteiger partial charge is 0.354 e. The number of aromatic nitrogens is 3. The van der Waals surface area contributed by atoms with Crippen LogP contribution in [-0.2, 0) is 6.18 Å². The standard InChI is InChI=1S/C21H19F3N6O/c1-14(29-8-10-30(11-9-29)18-7-3-6-17(13-25)26-18)20-27-19(28-31-20)15-4-2-5-16(12-15)21(22,23)24/h2-7,12,14H,8-11H2,1H3. The van der Waals surface area contributed by atoms with Gasteiger partial charge in [0.05, 0.1) is 11.6 Å². The van der Waals surface area contributed by atoms with E-state index in [4.69, 9.17) is 9.78 Å². The molecule has 1 fully saturated rings. The minimum absolute atomic E-state index is 0.129. The van der Waals surface area contributed by atoms with Gasteiger partial charge in [-0.3, -0.25) is 4.90 Å². The summed E-state index contributed by atoms with van der Waals surface area (Å²) in [6, 6.07) is 12.1. The first-order chi connectivity index (χ1) is 14.8. The van der Waals surface area contributed by atoms with Gasteiger partial charge in [-0.05, 0) is 31.2 Å². The molecule has 2 aromatic heterocycles. The number of anilines is 1. The number of piperazine rings is 1. The lowest BCUT2D eigenvalue weighted by Gasteiger charge is -2.37. The van der Waals surface area contributed by atoms with E-state index >= 15 is 0 Å². The summed E-state index contributed by atoms with van der Waals surface area (Å²) in [6.45, 7) is 4.76. The van der Waals surface area contributed by atoms with Crippen molar-refractivity contribution in [2.75, 3.05) is 31.1 Å². The van der Waals surface area contributed by atoms with Crippen molar-refractivity contribution in [3.63, 3.8) is 0 Å². The van der Waals surface area contributed by atoms with Crippen molar-refractivity contribution in [3.8, 4) is 17.5 Å². The molecule has 0 N–H and O–H groups in total. The van der Waals surface area contributed by atoms with Crippen LogP contribution in [0.1, 0.15) is 30.1 Å². The van der Waals surface area contributed by atoms with Crippen LogP contribution in [0.2, 0.25) is 0 Å². The minimum atomic E-state index is -4.43. The molecule has 1 unspecified atom stereocenters. The summed E-state index contributed by atoms with van der Waals surface area (Å²) >= 11 is 0. The number of halogens is 3. The highest BCUT2D eigenvalue weighted by atomic mass is 19.4. The molecule has 0 bridgehead atoms. The lowest BCUT2D eigenvalue weighted by atomic mass is 10.1. The third kappa shape index (κ3) is 4.51. The van der Waals surface area contributed by atoms with Gasteiger partial charge in [0.15, 0.2) is 0 Å². The fourth-order valence-corrected chi connectivity index (χ4v) is 3.51. The van der Waals surface area contributed by atoms with E-state index in [1.54, 1.807) is 6.07 Å². The normalized spacial score (nSPS) is 16.2. The summed E-state index contributed by atoms with van der Waals surface area (Å²) in [6.07, 6.45) is -4.43. The number of benzene rings is 1. The molecule has 0 saturated carbocycles. The summed E-state index contributed by atoms with van der Waals surface area (Å²) in [5.74, 6) is 1.24. The zero-order valence-electron chi connectivity index (χ0n) is 16.7. The Morgan fingerprint density at radius 2 is 1.81 bits per heavy atom. The Morgan fingerprint density at radius 1 is 1.06 bits per heavy atom. The van der Waals surface area contributed by atoms with E-state index in [2.05, 4.69) is 24.9 Å². The molecular weight excluding hydrogens is 409 g/mol. The topological polar surface area (TPSA) is 82.1 Å². The van der Waals surface area contributed by atoms with Gasteiger partial charge in [-0.2, -0.15) is 23.4 Å². The Morgan fingerprint density at radius 3 is 2.52 bits per heavy atom. The van der Waals surface area contributed by atoms with Crippen LogP contribution >= 0.6 is 0 Å². The molecule has 3 heterocycles. The molecule has 160 valence electrons. The Hall–Kier alpha value is -3.45. The molecule has 0 aliphatic carbocycles. The van der Waals surface area contributed by atoms with Crippen molar-refractivity contribution in [2.45, 2.75) is 19.1 Å². The summed E-state index contributed by atoms with van der Waals surface area (Å²) < 4.78 is 44.2. The highest BCUT2D eigenvalue weighted by Crippen LogP contribution is 2.32. The van der Waals surface area contributed by atoms with Gasteiger partial charge < -0.3 is 9.42 Å². The monoisotopic (exact) mass is 428 g/mol. The van der Waals surface area contributed by atoms with E-state index in [1.807, 2.05) is 25.1 Å². The Labute approximate surface area is 176 Å². The van der Waals surface area contributed by atoms with Crippen LogP contribution in [0.5, 0.6) is 0 Å². The number of pyridine rings is 1. The van der Waals surface area contributed by atoms with Crippen LogP contribution in [0.15, 0.2) is 47.0 Å². The first-order valence-corrected chi connectivity index (χ1v) is 9.72. The SMILES string of the molecule is CC(c1nc(-c2cccc(C(F)(F)F)c2)no1)N1CCN(c2cccc(C#N)n2)CC1. The zero-order valence-corrected chi connectivity index (χ0v) is 16.7. The summed E-state index contributed by atoms with van der Waals surface area (Å²) in [5, 5.41) is 12.9. The van der Waals surface area contributed by atoms with E-state index in [0.717, 1.165) is 18.0 Å². The number of hydrogen-bond acceptors (Lipinski definition) is 7. The molecular formula is C21H19F3N6O. The van der Waals surface area contributed by atoms with E-state index in [-0.39, 0.29) is 17.4 Å². The van der Waals surface area contributed by atoms with Crippen LogP contribution < -0.4 is 4.90 Å². The van der Waals surface area contributed by atoms with Crippen molar-refractivity contribution in [1.29, 1.82) is 5.26 Å². The fourth-order valence-electron chi connectivity index (χ4n) is 3.51. The number of nitriles is 1. The average Bonchev–Trinajstić information content (AvgIpc) is 3.29. The molecule has 3 aromatic rings.